The van der Waals surface area contributed by atoms with Crippen molar-refractivity contribution in [1.29, 1.82) is 0 Å². The van der Waals surface area contributed by atoms with Gasteiger partial charge in [0.1, 0.15) is 13.2 Å². The van der Waals surface area contributed by atoms with Crippen LogP contribution in [0.1, 0.15) is 45.2 Å². The molecule has 0 radical (unpaired) electrons. The zero-order chi connectivity index (χ0) is 34.8. The van der Waals surface area contributed by atoms with Gasteiger partial charge in [0.2, 0.25) is 15.7 Å². The van der Waals surface area contributed by atoms with E-state index >= 15 is 0 Å². The molecule has 0 N–H and O–H groups in total. The standard InChI is InChI=1S/C30H36F3IN2O8SSi/c1-19(44-46(5,6)29(2,3)4)27-25(15-22(34)18-45(41,42)24-13-9-21(10-14-24)30(31,32)33)35(28(27)38)16-26(37)43-17-20-7-11-23(12-8-20)36(39)40/h7-14,18-19,25,27H,15-17H2,1-6H3/t19-,25+,27+/m1/s1. The van der Waals surface area contributed by atoms with E-state index in [1.807, 2.05) is 35.7 Å². The highest BCUT2D eigenvalue weighted by Gasteiger charge is 2.53. The van der Waals surface area contributed by atoms with E-state index in [0.29, 0.717) is 21.3 Å². The number of alkyl halides is 3. The molecule has 0 saturated carbocycles. The summed E-state index contributed by atoms with van der Waals surface area (Å²) in [5.41, 5.74) is -0.592. The van der Waals surface area contributed by atoms with Gasteiger partial charge in [0.15, 0.2) is 8.32 Å². The van der Waals surface area contributed by atoms with Crippen molar-refractivity contribution in [2.45, 2.75) is 82.1 Å². The lowest BCUT2D eigenvalue weighted by Gasteiger charge is -2.51. The summed E-state index contributed by atoms with van der Waals surface area (Å²) in [5, 5.41) is 11.7. The topological polar surface area (TPSA) is 133 Å². The van der Waals surface area contributed by atoms with Crippen LogP contribution in [0.4, 0.5) is 18.9 Å². The first kappa shape index (κ1) is 37.6. The van der Waals surface area contributed by atoms with Gasteiger partial charge in [-0.25, -0.2) is 8.42 Å². The van der Waals surface area contributed by atoms with Crippen LogP contribution in [0.25, 0.3) is 0 Å². The Kier molecular flexibility index (Phi) is 11.5. The fourth-order valence-electron chi connectivity index (χ4n) is 4.67. The number of hydrogen-bond donors (Lipinski definition) is 0. The molecule has 0 aliphatic carbocycles. The third-order valence-corrected chi connectivity index (χ3v) is 15.5. The average molecular weight is 797 g/mol. The molecule has 0 unspecified atom stereocenters. The molecule has 1 saturated heterocycles. The lowest BCUT2D eigenvalue weighted by atomic mass is 9.81. The summed E-state index contributed by atoms with van der Waals surface area (Å²) in [6.07, 6.45) is -5.13. The van der Waals surface area contributed by atoms with Gasteiger partial charge in [-0.2, -0.15) is 13.2 Å². The third-order valence-electron chi connectivity index (χ3n) is 8.22. The van der Waals surface area contributed by atoms with Gasteiger partial charge in [0.05, 0.1) is 33.4 Å². The Morgan fingerprint density at radius 2 is 1.67 bits per heavy atom. The number of β-lactam (4-membered cyclic amide) rings is 1. The molecule has 2 aromatic carbocycles. The summed E-state index contributed by atoms with van der Waals surface area (Å²) >= 11 is 1.81. The number of ether oxygens (including phenoxy) is 1. The van der Waals surface area contributed by atoms with Crippen LogP contribution in [0.5, 0.6) is 0 Å². The van der Waals surface area contributed by atoms with Crippen LogP contribution in [-0.2, 0) is 41.4 Å². The number of hydrogen-bond acceptors (Lipinski definition) is 8. The Hall–Kier alpha value is -2.83. The molecule has 0 spiro atoms. The van der Waals surface area contributed by atoms with E-state index in [2.05, 4.69) is 20.8 Å². The summed E-state index contributed by atoms with van der Waals surface area (Å²) in [6.45, 7) is 11.4. The minimum absolute atomic E-state index is 0.0394. The van der Waals surface area contributed by atoms with Gasteiger partial charge in [-0.05, 0) is 89.6 Å². The number of carbonyl (C=O) groups is 2. The number of non-ortho nitro benzene ring substituents is 1. The Bertz CT molecular complexity index is 1590. The highest BCUT2D eigenvalue weighted by Crippen LogP contribution is 2.42. The molecule has 1 amide bonds. The van der Waals surface area contributed by atoms with Crippen molar-refractivity contribution >= 4 is 58.3 Å². The van der Waals surface area contributed by atoms with Crippen molar-refractivity contribution in [3.8, 4) is 0 Å². The van der Waals surface area contributed by atoms with Gasteiger partial charge in [0, 0.05) is 27.5 Å². The van der Waals surface area contributed by atoms with Crippen LogP contribution in [-0.4, -0.2) is 57.1 Å². The van der Waals surface area contributed by atoms with E-state index in [-0.39, 0.29) is 34.6 Å². The number of nitrogens with zero attached hydrogens (tertiary/aromatic N) is 2. The summed E-state index contributed by atoms with van der Waals surface area (Å²) < 4.78 is 77.0. The molecule has 252 valence electrons. The molecule has 16 heteroatoms. The maximum atomic E-state index is 13.4. The second kappa shape index (κ2) is 14.1. The maximum Gasteiger partial charge on any atom is 0.416 e. The second-order valence-corrected chi connectivity index (χ2v) is 20.5. The summed E-state index contributed by atoms with van der Waals surface area (Å²) in [4.78, 5) is 37.5. The van der Waals surface area contributed by atoms with E-state index in [1.54, 1.807) is 6.92 Å². The number of likely N-dealkylation sites (tertiary alicyclic amines) is 1. The van der Waals surface area contributed by atoms with Gasteiger partial charge in [-0.1, -0.05) is 20.8 Å². The largest absolute Gasteiger partial charge is 0.459 e. The lowest BCUT2D eigenvalue weighted by Crippen LogP contribution is -2.66. The van der Waals surface area contributed by atoms with Crippen LogP contribution in [0.3, 0.4) is 0 Å². The number of sulfone groups is 1. The van der Waals surface area contributed by atoms with Gasteiger partial charge >= 0.3 is 12.1 Å². The number of nitro groups is 1. The Labute approximate surface area is 280 Å². The summed E-state index contributed by atoms with van der Waals surface area (Å²) in [6, 6.07) is 7.97. The summed E-state index contributed by atoms with van der Waals surface area (Å²) in [5.74, 6) is -1.79. The molecule has 10 nitrogen and oxygen atoms in total. The van der Waals surface area contributed by atoms with Crippen LogP contribution in [0.15, 0.2) is 62.4 Å². The molecule has 2 aromatic rings. The first-order valence-electron chi connectivity index (χ1n) is 14.2. The molecule has 3 rings (SSSR count). The van der Waals surface area contributed by atoms with Crippen LogP contribution in [0.2, 0.25) is 18.1 Å². The molecule has 1 aliphatic rings. The highest BCUT2D eigenvalue weighted by molar-refractivity contribution is 14.1. The number of benzene rings is 2. The molecule has 0 bridgehead atoms. The molecule has 3 atom stereocenters. The second-order valence-electron chi connectivity index (χ2n) is 12.6. The van der Waals surface area contributed by atoms with Gasteiger partial charge < -0.3 is 14.1 Å². The van der Waals surface area contributed by atoms with Crippen LogP contribution in [0, 0.1) is 16.0 Å². The average Bonchev–Trinajstić information content (AvgIpc) is 2.93. The third kappa shape index (κ3) is 9.16. The van der Waals surface area contributed by atoms with Crippen molar-refractivity contribution in [3.63, 3.8) is 0 Å². The van der Waals surface area contributed by atoms with Crippen LogP contribution < -0.4 is 0 Å². The Morgan fingerprint density at radius 1 is 1.11 bits per heavy atom. The smallest absolute Gasteiger partial charge is 0.416 e. The molecule has 1 heterocycles. The Morgan fingerprint density at radius 3 is 2.17 bits per heavy atom. The Balaban J connectivity index is 1.81. The number of esters is 1. The van der Waals surface area contributed by atoms with Crippen LogP contribution >= 0.6 is 22.6 Å². The molecule has 0 aromatic heterocycles. The van der Waals surface area contributed by atoms with Gasteiger partial charge in [-0.15, -0.1) is 0 Å². The minimum atomic E-state index is -4.62. The monoisotopic (exact) mass is 796 g/mol. The maximum absolute atomic E-state index is 13.4. The first-order chi connectivity index (χ1) is 21.0. The summed E-state index contributed by atoms with van der Waals surface area (Å²) in [7, 11) is -6.46. The van der Waals surface area contributed by atoms with Crippen molar-refractivity contribution in [2.24, 2.45) is 5.92 Å². The van der Waals surface area contributed by atoms with E-state index in [0.717, 1.165) is 17.5 Å². The van der Waals surface area contributed by atoms with Crippen molar-refractivity contribution in [3.05, 3.63) is 78.8 Å². The van der Waals surface area contributed by atoms with Crippen molar-refractivity contribution in [1.82, 2.24) is 4.90 Å². The SMILES string of the molecule is C[C@@H](O[Si](C)(C)C(C)(C)C)[C@@H]1C(=O)N(CC(=O)OCc2ccc([N+](=O)[O-])cc2)[C@H]1CC(I)=CS(=O)(=O)c1ccc(C(F)(F)F)cc1. The van der Waals surface area contributed by atoms with E-state index in [4.69, 9.17) is 9.16 Å². The predicted octanol–water partition coefficient (Wildman–Crippen LogP) is 7.03. The number of carbonyl (C=O) groups excluding carboxylic acids is 2. The van der Waals surface area contributed by atoms with Gasteiger partial charge in [0.25, 0.3) is 5.69 Å². The predicted molar refractivity (Wildman–Crippen MR) is 175 cm³/mol. The number of nitro benzene ring substituents is 1. The minimum Gasteiger partial charge on any atom is -0.459 e. The number of amides is 1. The first-order valence-corrected chi connectivity index (χ1v) is 19.7. The fourth-order valence-corrected chi connectivity index (χ4v) is 8.64. The molecular weight excluding hydrogens is 760 g/mol. The molecule has 1 aliphatic heterocycles. The molecule has 46 heavy (non-hydrogen) atoms. The normalized spacial score (nSPS) is 18.6. The zero-order valence-corrected chi connectivity index (χ0v) is 30.1. The quantitative estimate of drug-likeness (QED) is 0.0559. The van der Waals surface area contributed by atoms with Crippen molar-refractivity contribution in [2.75, 3.05) is 6.54 Å². The number of halogens is 4. The van der Waals surface area contributed by atoms with Gasteiger partial charge in [-0.3, -0.25) is 19.7 Å². The zero-order valence-electron chi connectivity index (χ0n) is 26.1. The van der Waals surface area contributed by atoms with E-state index < -0.39 is 65.4 Å². The van der Waals surface area contributed by atoms with E-state index in [1.165, 1.54) is 29.2 Å². The lowest BCUT2D eigenvalue weighted by molar-refractivity contribution is -0.384. The number of rotatable bonds is 12. The van der Waals surface area contributed by atoms with E-state index in [9.17, 15) is 41.3 Å². The fraction of sp³-hybridized carbons (Fsp3) is 0.467. The molecular formula is C30H36F3IN2O8SSi. The highest BCUT2D eigenvalue weighted by atomic mass is 127. The van der Waals surface area contributed by atoms with Crippen molar-refractivity contribution < 1.29 is 45.3 Å². The molecule has 1 fully saturated rings.